The summed E-state index contributed by atoms with van der Waals surface area (Å²) in [6.07, 6.45) is 1.08. The highest BCUT2D eigenvalue weighted by Gasteiger charge is 2.13. The molecule has 0 amide bonds. The topological polar surface area (TPSA) is 38.3 Å². The highest BCUT2D eigenvalue weighted by atomic mass is 16.5. The van der Waals surface area contributed by atoms with Crippen LogP contribution in [-0.4, -0.2) is 24.5 Å². The number of carbonyl (C=O) groups excluding carboxylic acids is 1. The monoisotopic (exact) mass is 249 g/mol. The third-order valence-corrected chi connectivity index (χ3v) is 2.77. The van der Waals surface area contributed by atoms with E-state index in [1.807, 2.05) is 38.1 Å². The number of ether oxygens (including phenoxy) is 1. The highest BCUT2D eigenvalue weighted by molar-refractivity contribution is 6.00. The predicted octanol–water partition coefficient (Wildman–Crippen LogP) is 3.04. The van der Waals surface area contributed by atoms with E-state index in [-0.39, 0.29) is 11.9 Å². The second kappa shape index (κ2) is 7.17. The van der Waals surface area contributed by atoms with E-state index in [0.717, 1.165) is 6.42 Å². The molecule has 1 N–H and O–H groups in total. The van der Waals surface area contributed by atoms with Gasteiger partial charge in [-0.15, -0.1) is 0 Å². The van der Waals surface area contributed by atoms with Crippen molar-refractivity contribution < 1.29 is 9.53 Å². The Kier molecular flexibility index (Phi) is 5.86. The zero-order valence-corrected chi connectivity index (χ0v) is 11.7. The van der Waals surface area contributed by atoms with Gasteiger partial charge >= 0.3 is 0 Å². The molecule has 0 saturated carbocycles. The Hall–Kier alpha value is -1.35. The van der Waals surface area contributed by atoms with Crippen molar-refractivity contribution in [2.45, 2.75) is 46.3 Å². The van der Waals surface area contributed by atoms with Crippen LogP contribution >= 0.6 is 0 Å². The van der Waals surface area contributed by atoms with Crippen molar-refractivity contribution in [1.82, 2.24) is 5.32 Å². The van der Waals surface area contributed by atoms with Crippen LogP contribution in [-0.2, 0) is 0 Å². The van der Waals surface area contributed by atoms with E-state index in [1.54, 1.807) is 0 Å². The van der Waals surface area contributed by atoms with E-state index < -0.39 is 0 Å². The maximum atomic E-state index is 12.1. The maximum absolute atomic E-state index is 12.1. The van der Waals surface area contributed by atoms with Gasteiger partial charge in [0.05, 0.1) is 18.2 Å². The zero-order valence-electron chi connectivity index (χ0n) is 11.7. The fourth-order valence-electron chi connectivity index (χ4n) is 1.56. The molecule has 1 aromatic rings. The zero-order chi connectivity index (χ0) is 13.5. The number of hydrogen-bond acceptors (Lipinski definition) is 3. The number of benzene rings is 1. The molecule has 3 nitrogen and oxygen atoms in total. The lowest BCUT2D eigenvalue weighted by molar-refractivity contribution is 0.0982. The van der Waals surface area contributed by atoms with Crippen molar-refractivity contribution in [3.63, 3.8) is 0 Å². The van der Waals surface area contributed by atoms with Gasteiger partial charge in [-0.1, -0.05) is 19.1 Å². The fraction of sp³-hybridized carbons (Fsp3) is 0.533. The molecule has 0 fully saturated rings. The van der Waals surface area contributed by atoms with Gasteiger partial charge < -0.3 is 10.1 Å². The first-order valence-electron chi connectivity index (χ1n) is 6.56. The Bertz CT molecular complexity index is 388. The molecule has 1 atom stereocenters. The lowest BCUT2D eigenvalue weighted by Gasteiger charge is -2.15. The smallest absolute Gasteiger partial charge is 0.180 e. The van der Waals surface area contributed by atoms with Gasteiger partial charge in [-0.25, -0.2) is 0 Å². The lowest BCUT2D eigenvalue weighted by Crippen LogP contribution is -2.31. The summed E-state index contributed by atoms with van der Waals surface area (Å²) in [4.78, 5) is 12.1. The third-order valence-electron chi connectivity index (χ3n) is 2.77. The van der Waals surface area contributed by atoms with E-state index in [4.69, 9.17) is 4.74 Å². The molecule has 0 aliphatic heterocycles. The minimum absolute atomic E-state index is 0.0708. The van der Waals surface area contributed by atoms with Crippen molar-refractivity contribution in [3.05, 3.63) is 29.8 Å². The lowest BCUT2D eigenvalue weighted by atomic mass is 10.1. The molecule has 0 aliphatic rings. The third kappa shape index (κ3) is 4.49. The quantitative estimate of drug-likeness (QED) is 0.755. The van der Waals surface area contributed by atoms with E-state index >= 15 is 0 Å². The average molecular weight is 249 g/mol. The van der Waals surface area contributed by atoms with E-state index in [0.29, 0.717) is 23.9 Å². The van der Waals surface area contributed by atoms with Crippen LogP contribution in [0.1, 0.15) is 44.5 Å². The van der Waals surface area contributed by atoms with Crippen LogP contribution in [0.3, 0.4) is 0 Å². The molecule has 18 heavy (non-hydrogen) atoms. The van der Waals surface area contributed by atoms with Crippen LogP contribution in [0.5, 0.6) is 5.75 Å². The Labute approximate surface area is 110 Å². The first-order valence-corrected chi connectivity index (χ1v) is 6.56. The molecule has 1 unspecified atom stereocenters. The summed E-state index contributed by atoms with van der Waals surface area (Å²) in [5.74, 6) is 0.745. The Morgan fingerprint density at radius 1 is 1.28 bits per heavy atom. The Morgan fingerprint density at radius 2 is 1.94 bits per heavy atom. The first-order chi connectivity index (χ1) is 8.54. The highest BCUT2D eigenvalue weighted by Crippen LogP contribution is 2.19. The molecule has 1 aromatic carbocycles. The molecule has 0 saturated heterocycles. The SMILES string of the molecule is CCC(C)NCC(=O)c1ccccc1OC(C)C. The molecule has 3 heteroatoms. The molecule has 0 spiro atoms. The van der Waals surface area contributed by atoms with Crippen LogP contribution in [0, 0.1) is 0 Å². The van der Waals surface area contributed by atoms with Crippen LogP contribution in [0.4, 0.5) is 0 Å². The van der Waals surface area contributed by atoms with Crippen molar-refractivity contribution >= 4 is 5.78 Å². The van der Waals surface area contributed by atoms with Crippen LogP contribution < -0.4 is 10.1 Å². The summed E-state index contributed by atoms with van der Waals surface area (Å²) >= 11 is 0. The van der Waals surface area contributed by atoms with Gasteiger partial charge in [0.2, 0.25) is 0 Å². The number of carbonyl (C=O) groups is 1. The summed E-state index contributed by atoms with van der Waals surface area (Å²) < 4.78 is 5.65. The summed E-state index contributed by atoms with van der Waals surface area (Å²) in [6, 6.07) is 7.77. The van der Waals surface area contributed by atoms with Crippen molar-refractivity contribution in [2.24, 2.45) is 0 Å². The summed E-state index contributed by atoms with van der Waals surface area (Å²) in [6.45, 7) is 8.44. The Morgan fingerprint density at radius 3 is 2.56 bits per heavy atom. The fourth-order valence-corrected chi connectivity index (χ4v) is 1.56. The second-order valence-electron chi connectivity index (χ2n) is 4.78. The largest absolute Gasteiger partial charge is 0.490 e. The molecule has 0 bridgehead atoms. The van der Waals surface area contributed by atoms with Crippen LogP contribution in [0.15, 0.2) is 24.3 Å². The van der Waals surface area contributed by atoms with Gasteiger partial charge in [-0.05, 0) is 39.3 Å². The van der Waals surface area contributed by atoms with Gasteiger partial charge in [0.15, 0.2) is 5.78 Å². The van der Waals surface area contributed by atoms with Gasteiger partial charge in [-0.2, -0.15) is 0 Å². The number of ketones is 1. The Balaban J connectivity index is 2.72. The van der Waals surface area contributed by atoms with Gasteiger partial charge in [0, 0.05) is 6.04 Å². The van der Waals surface area contributed by atoms with Crippen molar-refractivity contribution in [3.8, 4) is 5.75 Å². The van der Waals surface area contributed by atoms with E-state index in [1.165, 1.54) is 0 Å². The van der Waals surface area contributed by atoms with Crippen LogP contribution in [0.2, 0.25) is 0 Å². The predicted molar refractivity (Wildman–Crippen MR) is 74.3 cm³/mol. The molecule has 0 aliphatic carbocycles. The number of para-hydroxylation sites is 1. The molecule has 100 valence electrons. The summed E-state index contributed by atoms with van der Waals surface area (Å²) in [5.41, 5.74) is 0.655. The van der Waals surface area contributed by atoms with Gasteiger partial charge in [0.1, 0.15) is 5.75 Å². The molecule has 0 aromatic heterocycles. The van der Waals surface area contributed by atoms with Crippen molar-refractivity contribution in [1.29, 1.82) is 0 Å². The van der Waals surface area contributed by atoms with Crippen LogP contribution in [0.25, 0.3) is 0 Å². The first kappa shape index (κ1) is 14.7. The molecular weight excluding hydrogens is 226 g/mol. The molecule has 1 rings (SSSR count). The maximum Gasteiger partial charge on any atom is 0.180 e. The minimum Gasteiger partial charge on any atom is -0.490 e. The van der Waals surface area contributed by atoms with Gasteiger partial charge in [0.25, 0.3) is 0 Å². The van der Waals surface area contributed by atoms with Crippen molar-refractivity contribution in [2.75, 3.05) is 6.54 Å². The van der Waals surface area contributed by atoms with E-state index in [2.05, 4.69) is 19.2 Å². The number of nitrogens with one attached hydrogen (secondary N) is 1. The number of Topliss-reactive ketones (excluding diaryl/α,β-unsaturated/α-hetero) is 1. The summed E-state index contributed by atoms with van der Waals surface area (Å²) in [5, 5.41) is 3.21. The van der Waals surface area contributed by atoms with Gasteiger partial charge in [-0.3, -0.25) is 4.79 Å². The number of rotatable bonds is 7. The van der Waals surface area contributed by atoms with E-state index in [9.17, 15) is 4.79 Å². The summed E-state index contributed by atoms with van der Waals surface area (Å²) in [7, 11) is 0. The molecule has 0 heterocycles. The number of hydrogen-bond donors (Lipinski definition) is 1. The average Bonchev–Trinajstić information content (AvgIpc) is 2.35. The molecular formula is C15H23NO2. The normalized spacial score (nSPS) is 12.5. The second-order valence-corrected chi connectivity index (χ2v) is 4.78. The minimum atomic E-state index is 0.0708. The standard InChI is InChI=1S/C15H23NO2/c1-5-12(4)16-10-14(17)13-8-6-7-9-15(13)18-11(2)3/h6-9,11-12,16H,5,10H2,1-4H3. The molecule has 0 radical (unpaired) electrons.